The number of rotatable bonds is 8. The number of amides is 2. The minimum Gasteiger partial charge on any atom is -0.383 e. The maximum absolute atomic E-state index is 12.2. The number of hydrogen-bond acceptors (Lipinski definition) is 3. The molecule has 0 fully saturated rings. The number of ether oxygens (including phenoxy) is 1. The molecule has 0 aromatic heterocycles. The molecule has 0 aliphatic carbocycles. The van der Waals surface area contributed by atoms with Crippen LogP contribution in [0.4, 0.5) is 0 Å². The van der Waals surface area contributed by atoms with Gasteiger partial charge in [0.1, 0.15) is 0 Å². The molecule has 7 heteroatoms. The molecule has 2 amide bonds. The Kier molecular flexibility index (Phi) is 7.91. The summed E-state index contributed by atoms with van der Waals surface area (Å²) < 4.78 is 4.88. The van der Waals surface area contributed by atoms with Gasteiger partial charge >= 0.3 is 0 Å². The predicted molar refractivity (Wildman–Crippen MR) is 103 cm³/mol. The van der Waals surface area contributed by atoms with E-state index in [1.807, 2.05) is 6.07 Å². The molecule has 2 aromatic carbocycles. The smallest absolute Gasteiger partial charge is 0.251 e. The molecular weight excluding hydrogens is 375 g/mol. The van der Waals surface area contributed by atoms with Gasteiger partial charge in [0, 0.05) is 41.4 Å². The third-order valence-corrected chi connectivity index (χ3v) is 4.28. The van der Waals surface area contributed by atoms with Crippen LogP contribution in [-0.4, -0.2) is 38.6 Å². The highest BCUT2D eigenvalue weighted by molar-refractivity contribution is 6.35. The van der Waals surface area contributed by atoms with Crippen molar-refractivity contribution in [2.75, 3.05) is 26.8 Å². The van der Waals surface area contributed by atoms with E-state index in [4.69, 9.17) is 27.9 Å². The molecule has 2 N–H and O–H groups in total. The summed E-state index contributed by atoms with van der Waals surface area (Å²) in [5.41, 5.74) is 1.89. The summed E-state index contributed by atoms with van der Waals surface area (Å²) in [5, 5.41) is 6.71. The van der Waals surface area contributed by atoms with Crippen molar-refractivity contribution < 1.29 is 14.3 Å². The van der Waals surface area contributed by atoms with Gasteiger partial charge in [-0.3, -0.25) is 9.59 Å². The molecule has 0 aliphatic rings. The number of carbonyl (C=O) groups is 2. The summed E-state index contributed by atoms with van der Waals surface area (Å²) in [6.07, 6.45) is 0.599. The van der Waals surface area contributed by atoms with Crippen molar-refractivity contribution in [1.29, 1.82) is 0 Å². The van der Waals surface area contributed by atoms with Crippen molar-refractivity contribution in [2.24, 2.45) is 0 Å². The summed E-state index contributed by atoms with van der Waals surface area (Å²) >= 11 is 12.0. The first-order valence-corrected chi connectivity index (χ1v) is 8.86. The highest BCUT2D eigenvalue weighted by atomic mass is 35.5. The Bertz CT molecular complexity index is 764. The maximum atomic E-state index is 12.2. The van der Waals surface area contributed by atoms with E-state index >= 15 is 0 Å². The standard InChI is InChI=1S/C19H20Cl2N2O3/c1-26-11-10-23-19(25)15-4-2-14(3-5-15)18(24)22-9-8-13-6-7-16(20)12-17(13)21/h2-7,12H,8-11H2,1H3,(H,22,24)(H,23,25). The fraction of sp³-hybridized carbons (Fsp3) is 0.263. The first-order chi connectivity index (χ1) is 12.5. The van der Waals surface area contributed by atoms with Crippen LogP contribution in [0.2, 0.25) is 10.0 Å². The third kappa shape index (κ3) is 6.02. The van der Waals surface area contributed by atoms with Gasteiger partial charge in [0.2, 0.25) is 0 Å². The first kappa shape index (κ1) is 20.2. The Hall–Kier alpha value is -2.08. The Morgan fingerprint density at radius 3 is 2.04 bits per heavy atom. The van der Waals surface area contributed by atoms with Crippen LogP contribution in [0.1, 0.15) is 26.3 Å². The van der Waals surface area contributed by atoms with Crippen molar-refractivity contribution >= 4 is 35.0 Å². The van der Waals surface area contributed by atoms with E-state index in [0.717, 1.165) is 5.56 Å². The summed E-state index contributed by atoms with van der Waals surface area (Å²) in [7, 11) is 1.57. The van der Waals surface area contributed by atoms with Gasteiger partial charge in [0.15, 0.2) is 0 Å². The van der Waals surface area contributed by atoms with Crippen molar-refractivity contribution in [3.05, 3.63) is 69.2 Å². The van der Waals surface area contributed by atoms with Crippen LogP contribution in [0.15, 0.2) is 42.5 Å². The maximum Gasteiger partial charge on any atom is 0.251 e. The van der Waals surface area contributed by atoms with Gasteiger partial charge in [0.05, 0.1) is 6.61 Å². The molecule has 0 spiro atoms. The first-order valence-electron chi connectivity index (χ1n) is 8.10. The minimum absolute atomic E-state index is 0.202. The zero-order valence-corrected chi connectivity index (χ0v) is 15.9. The Morgan fingerprint density at radius 1 is 0.923 bits per heavy atom. The molecule has 0 atom stereocenters. The van der Waals surface area contributed by atoms with E-state index in [2.05, 4.69) is 10.6 Å². The lowest BCUT2D eigenvalue weighted by molar-refractivity contribution is 0.0931. The Morgan fingerprint density at radius 2 is 1.50 bits per heavy atom. The highest BCUT2D eigenvalue weighted by Crippen LogP contribution is 2.21. The van der Waals surface area contributed by atoms with Gasteiger partial charge in [-0.05, 0) is 48.4 Å². The molecule has 0 radical (unpaired) electrons. The zero-order chi connectivity index (χ0) is 18.9. The van der Waals surface area contributed by atoms with Crippen molar-refractivity contribution in [2.45, 2.75) is 6.42 Å². The van der Waals surface area contributed by atoms with Crippen LogP contribution in [0.25, 0.3) is 0 Å². The van der Waals surface area contributed by atoms with Crippen molar-refractivity contribution in [3.63, 3.8) is 0 Å². The average Bonchev–Trinajstić information content (AvgIpc) is 2.63. The number of nitrogens with one attached hydrogen (secondary N) is 2. The summed E-state index contributed by atoms with van der Waals surface area (Å²) in [4.78, 5) is 24.1. The van der Waals surface area contributed by atoms with Crippen LogP contribution >= 0.6 is 23.2 Å². The van der Waals surface area contributed by atoms with Gasteiger partial charge < -0.3 is 15.4 Å². The largest absolute Gasteiger partial charge is 0.383 e. The number of carbonyl (C=O) groups excluding carboxylic acids is 2. The molecule has 26 heavy (non-hydrogen) atoms. The Labute approximate surface area is 162 Å². The summed E-state index contributed by atoms with van der Waals surface area (Å²) in [6, 6.07) is 11.8. The lowest BCUT2D eigenvalue weighted by Crippen LogP contribution is -2.27. The number of benzene rings is 2. The average molecular weight is 395 g/mol. The predicted octanol–water partition coefficient (Wildman–Crippen LogP) is 3.34. The molecule has 138 valence electrons. The van der Waals surface area contributed by atoms with Crippen LogP contribution in [0.3, 0.4) is 0 Å². The lowest BCUT2D eigenvalue weighted by atomic mass is 10.1. The normalized spacial score (nSPS) is 10.4. The van der Waals surface area contributed by atoms with Crippen molar-refractivity contribution in [3.8, 4) is 0 Å². The van der Waals surface area contributed by atoms with E-state index in [1.54, 1.807) is 43.5 Å². The van der Waals surface area contributed by atoms with Crippen molar-refractivity contribution in [1.82, 2.24) is 10.6 Å². The number of hydrogen-bond donors (Lipinski definition) is 2. The second-order valence-electron chi connectivity index (χ2n) is 5.57. The molecular formula is C19H20Cl2N2O3. The summed E-state index contributed by atoms with van der Waals surface area (Å²) in [5.74, 6) is -0.409. The van der Waals surface area contributed by atoms with E-state index in [1.165, 1.54) is 0 Å². The number of halogens is 2. The highest BCUT2D eigenvalue weighted by Gasteiger charge is 2.09. The molecule has 0 unspecified atom stereocenters. The SMILES string of the molecule is COCCNC(=O)c1ccc(C(=O)NCCc2ccc(Cl)cc2Cl)cc1. The lowest BCUT2D eigenvalue weighted by Gasteiger charge is -2.08. The molecule has 0 heterocycles. The van der Waals surface area contributed by atoms with E-state index in [0.29, 0.717) is 47.3 Å². The Balaban J connectivity index is 1.84. The molecule has 2 rings (SSSR count). The molecule has 0 saturated carbocycles. The summed E-state index contributed by atoms with van der Waals surface area (Å²) in [6.45, 7) is 1.33. The molecule has 5 nitrogen and oxygen atoms in total. The van der Waals surface area contributed by atoms with Gasteiger partial charge in [-0.1, -0.05) is 29.3 Å². The van der Waals surface area contributed by atoms with Gasteiger partial charge in [-0.25, -0.2) is 0 Å². The molecule has 2 aromatic rings. The number of methoxy groups -OCH3 is 1. The molecule has 0 saturated heterocycles. The molecule has 0 bridgehead atoms. The van der Waals surface area contributed by atoms with E-state index in [-0.39, 0.29) is 11.8 Å². The second kappa shape index (κ2) is 10.2. The van der Waals surface area contributed by atoms with E-state index < -0.39 is 0 Å². The monoisotopic (exact) mass is 394 g/mol. The second-order valence-corrected chi connectivity index (χ2v) is 6.41. The van der Waals surface area contributed by atoms with Gasteiger partial charge in [0.25, 0.3) is 11.8 Å². The van der Waals surface area contributed by atoms with Gasteiger partial charge in [-0.2, -0.15) is 0 Å². The third-order valence-electron chi connectivity index (χ3n) is 3.70. The van der Waals surface area contributed by atoms with Crippen LogP contribution in [-0.2, 0) is 11.2 Å². The topological polar surface area (TPSA) is 67.4 Å². The van der Waals surface area contributed by atoms with Gasteiger partial charge in [-0.15, -0.1) is 0 Å². The quantitative estimate of drug-likeness (QED) is 0.674. The van der Waals surface area contributed by atoms with E-state index in [9.17, 15) is 9.59 Å². The van der Waals surface area contributed by atoms with Crippen LogP contribution < -0.4 is 10.6 Å². The fourth-order valence-corrected chi connectivity index (χ4v) is 2.78. The zero-order valence-electron chi connectivity index (χ0n) is 14.4. The molecule has 0 aliphatic heterocycles. The fourth-order valence-electron chi connectivity index (χ4n) is 2.28. The van der Waals surface area contributed by atoms with Crippen LogP contribution in [0, 0.1) is 0 Å². The minimum atomic E-state index is -0.207. The van der Waals surface area contributed by atoms with Crippen LogP contribution in [0.5, 0.6) is 0 Å².